The van der Waals surface area contributed by atoms with Crippen LogP contribution >= 0.6 is 0 Å². The predicted molar refractivity (Wildman–Crippen MR) is 57.3 cm³/mol. The average molecular weight is 211 g/mol. The van der Waals surface area contributed by atoms with Gasteiger partial charge in [0.05, 0.1) is 19.3 Å². The Morgan fingerprint density at radius 3 is 2.87 bits per heavy atom. The molecule has 1 atom stereocenters. The van der Waals surface area contributed by atoms with Crippen LogP contribution in [0.5, 0.6) is 5.75 Å². The lowest BCUT2D eigenvalue weighted by Crippen LogP contribution is -2.32. The zero-order valence-corrected chi connectivity index (χ0v) is 9.57. The molecule has 0 fully saturated rings. The molecule has 1 N–H and O–H groups in total. The molecule has 0 saturated heterocycles. The SMILES string of the molecule is CCn1ncc(OC)c1C(=O)C(C)NC. The molecule has 1 aromatic rings. The maximum absolute atomic E-state index is 12.0. The summed E-state index contributed by atoms with van der Waals surface area (Å²) < 4.78 is 6.76. The third-order valence-electron chi connectivity index (χ3n) is 2.39. The van der Waals surface area contributed by atoms with E-state index in [2.05, 4.69) is 10.4 Å². The van der Waals surface area contributed by atoms with E-state index in [-0.39, 0.29) is 11.8 Å². The Labute approximate surface area is 89.4 Å². The molecule has 1 aromatic heterocycles. The quantitative estimate of drug-likeness (QED) is 0.728. The van der Waals surface area contributed by atoms with Crippen LogP contribution in [0.3, 0.4) is 0 Å². The standard InChI is InChI=1S/C10H17N3O2/c1-5-13-9(8(15-4)6-12-13)10(14)7(2)11-3/h6-7,11H,5H2,1-4H3. The molecule has 0 aliphatic rings. The summed E-state index contributed by atoms with van der Waals surface area (Å²) in [5.74, 6) is 0.526. The highest BCUT2D eigenvalue weighted by Gasteiger charge is 2.22. The maximum atomic E-state index is 12.0. The van der Waals surface area contributed by atoms with Gasteiger partial charge in [-0.25, -0.2) is 0 Å². The highest BCUT2D eigenvalue weighted by Crippen LogP contribution is 2.19. The molecule has 0 saturated carbocycles. The first-order valence-corrected chi connectivity index (χ1v) is 4.97. The predicted octanol–water partition coefficient (Wildman–Crippen LogP) is 0.702. The minimum atomic E-state index is -0.235. The number of hydrogen-bond donors (Lipinski definition) is 1. The van der Waals surface area contributed by atoms with Crippen LogP contribution in [0, 0.1) is 0 Å². The fourth-order valence-corrected chi connectivity index (χ4v) is 1.34. The number of carbonyl (C=O) groups is 1. The summed E-state index contributed by atoms with van der Waals surface area (Å²) in [6.45, 7) is 4.41. The van der Waals surface area contributed by atoms with Crippen LogP contribution in [0.2, 0.25) is 0 Å². The summed E-state index contributed by atoms with van der Waals surface area (Å²) >= 11 is 0. The summed E-state index contributed by atoms with van der Waals surface area (Å²) in [4.78, 5) is 12.0. The Kier molecular flexibility index (Phi) is 3.85. The van der Waals surface area contributed by atoms with Crippen LogP contribution in [0.25, 0.3) is 0 Å². The molecule has 0 amide bonds. The number of hydrogen-bond acceptors (Lipinski definition) is 4. The van der Waals surface area contributed by atoms with Crippen molar-refractivity contribution in [3.63, 3.8) is 0 Å². The van der Waals surface area contributed by atoms with Gasteiger partial charge in [-0.15, -0.1) is 0 Å². The number of aryl methyl sites for hydroxylation is 1. The van der Waals surface area contributed by atoms with Gasteiger partial charge in [0, 0.05) is 6.54 Å². The number of Topliss-reactive ketones (excluding diaryl/α,β-unsaturated/α-hetero) is 1. The first-order chi connectivity index (χ1) is 7.15. The second-order valence-corrected chi connectivity index (χ2v) is 3.25. The van der Waals surface area contributed by atoms with E-state index in [1.165, 1.54) is 7.11 Å². The highest BCUT2D eigenvalue weighted by atomic mass is 16.5. The van der Waals surface area contributed by atoms with E-state index in [1.54, 1.807) is 17.9 Å². The van der Waals surface area contributed by atoms with Crippen LogP contribution in [0.4, 0.5) is 0 Å². The van der Waals surface area contributed by atoms with Gasteiger partial charge in [-0.1, -0.05) is 0 Å². The van der Waals surface area contributed by atoms with E-state index in [0.717, 1.165) is 0 Å². The summed E-state index contributed by atoms with van der Waals surface area (Å²) in [6, 6.07) is -0.235. The van der Waals surface area contributed by atoms with E-state index in [0.29, 0.717) is 18.0 Å². The minimum Gasteiger partial charge on any atom is -0.493 e. The lowest BCUT2D eigenvalue weighted by molar-refractivity contribution is 0.0941. The molecule has 15 heavy (non-hydrogen) atoms. The van der Waals surface area contributed by atoms with E-state index in [9.17, 15) is 4.79 Å². The van der Waals surface area contributed by atoms with Gasteiger partial charge in [0.2, 0.25) is 5.78 Å². The van der Waals surface area contributed by atoms with E-state index >= 15 is 0 Å². The molecule has 0 spiro atoms. The molecular weight excluding hydrogens is 194 g/mol. The van der Waals surface area contributed by atoms with Gasteiger partial charge in [0.15, 0.2) is 5.75 Å². The molecule has 0 aliphatic heterocycles. The smallest absolute Gasteiger partial charge is 0.201 e. The molecule has 0 radical (unpaired) electrons. The summed E-state index contributed by atoms with van der Waals surface area (Å²) in [5, 5.41) is 7.00. The zero-order valence-electron chi connectivity index (χ0n) is 9.57. The first-order valence-electron chi connectivity index (χ1n) is 4.97. The van der Waals surface area contributed by atoms with Crippen molar-refractivity contribution < 1.29 is 9.53 Å². The fourth-order valence-electron chi connectivity index (χ4n) is 1.34. The molecule has 0 bridgehead atoms. The van der Waals surface area contributed by atoms with Gasteiger partial charge < -0.3 is 10.1 Å². The fraction of sp³-hybridized carbons (Fsp3) is 0.600. The summed E-state index contributed by atoms with van der Waals surface area (Å²) in [5.41, 5.74) is 0.529. The van der Waals surface area contributed by atoms with Crippen molar-refractivity contribution in [2.24, 2.45) is 0 Å². The van der Waals surface area contributed by atoms with Crippen LogP contribution in [0.15, 0.2) is 6.20 Å². The van der Waals surface area contributed by atoms with Gasteiger partial charge >= 0.3 is 0 Å². The van der Waals surface area contributed by atoms with Crippen molar-refractivity contribution in [3.8, 4) is 5.75 Å². The molecule has 84 valence electrons. The first kappa shape index (κ1) is 11.7. The van der Waals surface area contributed by atoms with Crippen LogP contribution in [0.1, 0.15) is 24.3 Å². The molecule has 5 heteroatoms. The maximum Gasteiger partial charge on any atom is 0.201 e. The number of carbonyl (C=O) groups excluding carboxylic acids is 1. The molecule has 5 nitrogen and oxygen atoms in total. The number of likely N-dealkylation sites (N-methyl/N-ethyl adjacent to an activating group) is 1. The normalized spacial score (nSPS) is 12.5. The van der Waals surface area contributed by atoms with Crippen molar-refractivity contribution in [1.29, 1.82) is 0 Å². The van der Waals surface area contributed by atoms with E-state index in [1.807, 2.05) is 13.8 Å². The highest BCUT2D eigenvalue weighted by molar-refractivity contribution is 6.00. The third-order valence-corrected chi connectivity index (χ3v) is 2.39. The Balaban J connectivity index is 3.09. The average Bonchev–Trinajstić information content (AvgIpc) is 2.69. The Morgan fingerprint density at radius 2 is 2.40 bits per heavy atom. The van der Waals surface area contributed by atoms with Gasteiger partial charge in [0.1, 0.15) is 5.69 Å². The lowest BCUT2D eigenvalue weighted by atomic mass is 10.1. The molecule has 1 heterocycles. The minimum absolute atomic E-state index is 0.00583. The van der Waals surface area contributed by atoms with Gasteiger partial charge in [0.25, 0.3) is 0 Å². The third kappa shape index (κ3) is 2.18. The number of nitrogens with one attached hydrogen (secondary N) is 1. The number of ketones is 1. The molecule has 0 aliphatic carbocycles. The zero-order chi connectivity index (χ0) is 11.4. The number of aromatic nitrogens is 2. The molecule has 1 unspecified atom stereocenters. The second kappa shape index (κ2) is 4.93. The molecule has 1 rings (SSSR count). The largest absolute Gasteiger partial charge is 0.493 e. The van der Waals surface area contributed by atoms with E-state index in [4.69, 9.17) is 4.74 Å². The van der Waals surface area contributed by atoms with Crippen molar-refractivity contribution in [3.05, 3.63) is 11.9 Å². The second-order valence-electron chi connectivity index (χ2n) is 3.25. The topological polar surface area (TPSA) is 56.2 Å². The Hall–Kier alpha value is -1.36. The van der Waals surface area contributed by atoms with Gasteiger partial charge in [-0.2, -0.15) is 5.10 Å². The van der Waals surface area contributed by atoms with Crippen LogP contribution < -0.4 is 10.1 Å². The number of rotatable bonds is 5. The lowest BCUT2D eigenvalue weighted by Gasteiger charge is -2.11. The Morgan fingerprint density at radius 1 is 1.73 bits per heavy atom. The van der Waals surface area contributed by atoms with Crippen LogP contribution in [-0.4, -0.2) is 35.8 Å². The number of ether oxygens (including phenoxy) is 1. The van der Waals surface area contributed by atoms with Crippen molar-refractivity contribution in [2.75, 3.05) is 14.2 Å². The summed E-state index contributed by atoms with van der Waals surface area (Å²) in [6.07, 6.45) is 1.57. The molecular formula is C10H17N3O2. The van der Waals surface area contributed by atoms with Crippen molar-refractivity contribution in [1.82, 2.24) is 15.1 Å². The van der Waals surface area contributed by atoms with Crippen LogP contribution in [-0.2, 0) is 6.54 Å². The Bertz CT molecular complexity index is 325. The number of nitrogens with zero attached hydrogens (tertiary/aromatic N) is 2. The van der Waals surface area contributed by atoms with Gasteiger partial charge in [-0.3, -0.25) is 9.48 Å². The molecule has 0 aromatic carbocycles. The summed E-state index contributed by atoms with van der Waals surface area (Å²) in [7, 11) is 3.29. The van der Waals surface area contributed by atoms with E-state index < -0.39 is 0 Å². The van der Waals surface area contributed by atoms with Crippen molar-refractivity contribution >= 4 is 5.78 Å². The number of methoxy groups -OCH3 is 1. The van der Waals surface area contributed by atoms with Gasteiger partial charge in [-0.05, 0) is 20.9 Å². The van der Waals surface area contributed by atoms with Crippen molar-refractivity contribution in [2.45, 2.75) is 26.4 Å². The monoisotopic (exact) mass is 211 g/mol.